The first kappa shape index (κ1) is 16.7. The Balaban J connectivity index is 1.88. The Kier molecular flexibility index (Phi) is 3.57. The zero-order valence-electron chi connectivity index (χ0n) is 14.8. The molecule has 0 radical (unpaired) electrons. The average molecular weight is 422 g/mol. The summed E-state index contributed by atoms with van der Waals surface area (Å²) in [6.45, 7) is 2.09. The van der Waals surface area contributed by atoms with E-state index in [0.29, 0.717) is 6.42 Å². The normalized spacial score (nSPS) is 21.2. The van der Waals surface area contributed by atoms with E-state index in [1.807, 2.05) is 23.1 Å². The highest BCUT2D eigenvalue weighted by Gasteiger charge is 2.45. The zero-order chi connectivity index (χ0) is 18.8. The quantitative estimate of drug-likeness (QED) is 0.466. The molecule has 2 heterocycles. The van der Waals surface area contributed by atoms with Gasteiger partial charge in [0.25, 0.3) is 0 Å². The molecule has 5 rings (SSSR count). The number of carbonyl (C=O) groups excluding carboxylic acids is 1. The van der Waals surface area contributed by atoms with Crippen LogP contribution in [0.15, 0.2) is 65.1 Å². The molecule has 0 aliphatic carbocycles. The second kappa shape index (κ2) is 5.77. The van der Waals surface area contributed by atoms with Crippen LogP contribution < -0.4 is 4.90 Å². The van der Waals surface area contributed by atoms with Gasteiger partial charge < -0.3 is 4.90 Å². The van der Waals surface area contributed by atoms with Crippen molar-refractivity contribution in [2.24, 2.45) is 0 Å². The zero-order valence-corrected chi connectivity index (χ0v) is 16.4. The topological polar surface area (TPSA) is 20.3 Å². The van der Waals surface area contributed by atoms with Crippen molar-refractivity contribution in [3.05, 3.63) is 82.1 Å². The van der Waals surface area contributed by atoms with Gasteiger partial charge in [0.05, 0.1) is 11.2 Å². The van der Waals surface area contributed by atoms with Crippen LogP contribution in [0.4, 0.5) is 10.1 Å². The van der Waals surface area contributed by atoms with Crippen LogP contribution in [0.25, 0.3) is 16.3 Å². The van der Waals surface area contributed by atoms with Crippen molar-refractivity contribution in [2.75, 3.05) is 4.90 Å². The van der Waals surface area contributed by atoms with Crippen molar-refractivity contribution in [3.8, 4) is 0 Å². The van der Waals surface area contributed by atoms with Crippen molar-refractivity contribution in [3.63, 3.8) is 0 Å². The fraction of sp³-hybridized carbons (Fsp3) is 0.174. The molecule has 0 aromatic heterocycles. The van der Waals surface area contributed by atoms with Crippen LogP contribution in [0.2, 0.25) is 0 Å². The molecule has 3 aromatic carbocycles. The Morgan fingerprint density at radius 1 is 1.11 bits per heavy atom. The number of anilines is 1. The average Bonchev–Trinajstić information content (AvgIpc) is 2.95. The lowest BCUT2D eigenvalue weighted by Crippen LogP contribution is -2.44. The largest absolute Gasteiger partial charge is 0.302 e. The van der Waals surface area contributed by atoms with Crippen LogP contribution in [0.1, 0.15) is 30.9 Å². The molecule has 0 spiro atoms. The molecule has 2 nitrogen and oxygen atoms in total. The molecular formula is C23H17BrFNO. The highest BCUT2D eigenvalue weighted by Crippen LogP contribution is 2.49. The molecule has 0 N–H and O–H groups in total. The molecule has 27 heavy (non-hydrogen) atoms. The van der Waals surface area contributed by atoms with Crippen molar-refractivity contribution >= 4 is 43.9 Å². The van der Waals surface area contributed by atoms with E-state index in [0.717, 1.165) is 44.1 Å². The van der Waals surface area contributed by atoms with E-state index in [-0.39, 0.29) is 17.3 Å². The van der Waals surface area contributed by atoms with Crippen molar-refractivity contribution in [1.82, 2.24) is 0 Å². The third kappa shape index (κ3) is 2.47. The van der Waals surface area contributed by atoms with Crippen LogP contribution in [0.5, 0.6) is 0 Å². The van der Waals surface area contributed by atoms with Gasteiger partial charge in [0.2, 0.25) is 5.91 Å². The summed E-state index contributed by atoms with van der Waals surface area (Å²) in [4.78, 5) is 14.6. The van der Waals surface area contributed by atoms with Gasteiger partial charge in [0.1, 0.15) is 5.82 Å². The van der Waals surface area contributed by atoms with E-state index in [9.17, 15) is 9.18 Å². The van der Waals surface area contributed by atoms with Crippen LogP contribution in [-0.4, -0.2) is 11.4 Å². The van der Waals surface area contributed by atoms with Gasteiger partial charge in [-0.1, -0.05) is 46.3 Å². The summed E-state index contributed by atoms with van der Waals surface area (Å²) in [5.41, 5.74) is 3.36. The fourth-order valence-electron chi connectivity index (χ4n) is 4.44. The predicted octanol–water partition coefficient (Wildman–Crippen LogP) is 6.07. The highest BCUT2D eigenvalue weighted by atomic mass is 79.9. The highest BCUT2D eigenvalue weighted by molar-refractivity contribution is 9.10. The van der Waals surface area contributed by atoms with E-state index in [1.54, 1.807) is 12.1 Å². The van der Waals surface area contributed by atoms with Gasteiger partial charge in [-0.25, -0.2) is 4.39 Å². The first-order valence-corrected chi connectivity index (χ1v) is 9.80. The standard InChI is InChI=1S/C23H17BrFNO/c1-23-10-9-21(27)26(23)20-8-5-15-11-16(24)6-7-18(15)22(20)19(13-23)14-3-2-4-17(25)12-14/h2-8,11-13H,9-10H2,1H3. The lowest BCUT2D eigenvalue weighted by molar-refractivity contribution is -0.117. The van der Waals surface area contributed by atoms with Gasteiger partial charge in [0, 0.05) is 16.5 Å². The maximum absolute atomic E-state index is 14.0. The number of carbonyl (C=O) groups is 1. The summed E-state index contributed by atoms with van der Waals surface area (Å²) in [5, 5.41) is 2.15. The minimum Gasteiger partial charge on any atom is -0.302 e. The smallest absolute Gasteiger partial charge is 0.227 e. The fourth-order valence-corrected chi connectivity index (χ4v) is 4.82. The number of rotatable bonds is 1. The summed E-state index contributed by atoms with van der Waals surface area (Å²) in [6.07, 6.45) is 3.44. The van der Waals surface area contributed by atoms with E-state index < -0.39 is 0 Å². The number of benzene rings is 3. The molecule has 1 amide bonds. The molecule has 1 saturated heterocycles. The van der Waals surface area contributed by atoms with Crippen LogP contribution in [0.3, 0.4) is 0 Å². The minimum absolute atomic E-state index is 0.143. The molecule has 0 saturated carbocycles. The maximum atomic E-state index is 14.0. The Labute approximate surface area is 165 Å². The monoisotopic (exact) mass is 421 g/mol. The second-order valence-electron chi connectivity index (χ2n) is 7.48. The predicted molar refractivity (Wildman–Crippen MR) is 110 cm³/mol. The number of amides is 1. The first-order chi connectivity index (χ1) is 13.0. The van der Waals surface area contributed by atoms with Gasteiger partial charge in [0.15, 0.2) is 0 Å². The van der Waals surface area contributed by atoms with Gasteiger partial charge in [-0.3, -0.25) is 4.79 Å². The van der Waals surface area contributed by atoms with Crippen LogP contribution >= 0.6 is 15.9 Å². The maximum Gasteiger partial charge on any atom is 0.227 e. The molecule has 1 fully saturated rings. The Hall–Kier alpha value is -2.46. The molecule has 3 aromatic rings. The molecule has 134 valence electrons. The van der Waals surface area contributed by atoms with E-state index in [1.165, 1.54) is 6.07 Å². The summed E-state index contributed by atoms with van der Waals surface area (Å²) < 4.78 is 15.0. The lowest BCUT2D eigenvalue weighted by Gasteiger charge is -2.39. The third-order valence-electron chi connectivity index (χ3n) is 5.67. The number of hydrogen-bond donors (Lipinski definition) is 0. The molecule has 2 aliphatic rings. The second-order valence-corrected chi connectivity index (χ2v) is 8.40. The summed E-state index contributed by atoms with van der Waals surface area (Å²) in [5.74, 6) is -0.113. The number of nitrogens with zero attached hydrogens (tertiary/aromatic N) is 1. The van der Waals surface area contributed by atoms with Gasteiger partial charge >= 0.3 is 0 Å². The van der Waals surface area contributed by atoms with Gasteiger partial charge in [-0.05, 0) is 65.6 Å². The summed E-state index contributed by atoms with van der Waals surface area (Å²) >= 11 is 3.53. The number of halogens is 2. The summed E-state index contributed by atoms with van der Waals surface area (Å²) in [7, 11) is 0. The van der Waals surface area contributed by atoms with Crippen LogP contribution in [-0.2, 0) is 4.79 Å². The summed E-state index contributed by atoms with van der Waals surface area (Å²) in [6, 6.07) is 16.9. The van der Waals surface area contributed by atoms with Gasteiger partial charge in [-0.2, -0.15) is 0 Å². The van der Waals surface area contributed by atoms with E-state index in [4.69, 9.17) is 0 Å². The Bertz CT molecular complexity index is 1150. The van der Waals surface area contributed by atoms with Crippen molar-refractivity contribution in [1.29, 1.82) is 0 Å². The number of hydrogen-bond acceptors (Lipinski definition) is 1. The van der Waals surface area contributed by atoms with E-state index >= 15 is 0 Å². The van der Waals surface area contributed by atoms with Gasteiger partial charge in [-0.15, -0.1) is 0 Å². The SMILES string of the molecule is CC12C=C(c3cccc(F)c3)c3c(ccc4cc(Br)ccc34)N1C(=O)CC2. The lowest BCUT2D eigenvalue weighted by atomic mass is 9.82. The third-order valence-corrected chi connectivity index (χ3v) is 6.16. The molecule has 2 aliphatic heterocycles. The minimum atomic E-state index is -0.380. The molecular weight excluding hydrogens is 405 g/mol. The number of fused-ring (bicyclic) bond motifs is 5. The van der Waals surface area contributed by atoms with Crippen molar-refractivity contribution in [2.45, 2.75) is 25.3 Å². The Morgan fingerprint density at radius 3 is 2.78 bits per heavy atom. The van der Waals surface area contributed by atoms with Crippen LogP contribution in [0, 0.1) is 5.82 Å². The molecule has 0 bridgehead atoms. The van der Waals surface area contributed by atoms with Crippen molar-refractivity contribution < 1.29 is 9.18 Å². The Morgan fingerprint density at radius 2 is 1.96 bits per heavy atom. The molecule has 1 atom stereocenters. The molecule has 4 heteroatoms. The first-order valence-electron chi connectivity index (χ1n) is 9.01. The van der Waals surface area contributed by atoms with E-state index in [2.05, 4.69) is 47.1 Å². The molecule has 1 unspecified atom stereocenters.